The molecule has 0 unspecified atom stereocenters. The standard InChI is InChI=1S/C19H21O3P/c1-2-3-5-14-8-10-17-15(12-14)9-11-18-16(13-23(20,21)22)6-4-7-19(17)18/h4,6-12H,2-3,5,13H2,1H3,(H2,20,21,22). The molecule has 0 fully saturated rings. The number of rotatable bonds is 5. The molecule has 0 radical (unpaired) electrons. The van der Waals surface area contributed by atoms with Crippen molar-refractivity contribution in [3.05, 3.63) is 59.7 Å². The molecule has 23 heavy (non-hydrogen) atoms. The molecule has 120 valence electrons. The van der Waals surface area contributed by atoms with E-state index in [1.807, 2.05) is 18.2 Å². The lowest BCUT2D eigenvalue weighted by molar-refractivity contribution is 0.372. The number of unbranched alkanes of at least 4 members (excludes halogenated alkanes) is 1. The van der Waals surface area contributed by atoms with Crippen LogP contribution in [0.5, 0.6) is 0 Å². The zero-order chi connectivity index (χ0) is 16.4. The Kier molecular flexibility index (Phi) is 4.54. The summed E-state index contributed by atoms with van der Waals surface area (Å²) in [5.41, 5.74) is 2.04. The molecule has 0 spiro atoms. The Labute approximate surface area is 136 Å². The van der Waals surface area contributed by atoms with E-state index < -0.39 is 7.60 Å². The minimum absolute atomic E-state index is 0.218. The lowest BCUT2D eigenvalue weighted by Crippen LogP contribution is -1.90. The largest absolute Gasteiger partial charge is 0.329 e. The quantitative estimate of drug-likeness (QED) is 0.511. The first kappa shape index (κ1) is 16.2. The van der Waals surface area contributed by atoms with Gasteiger partial charge in [-0.2, -0.15) is 0 Å². The number of benzene rings is 3. The predicted molar refractivity (Wildman–Crippen MR) is 95.8 cm³/mol. The molecular formula is C19H21O3P. The first-order chi connectivity index (χ1) is 11.0. The van der Waals surface area contributed by atoms with Crippen molar-refractivity contribution in [2.45, 2.75) is 32.3 Å². The van der Waals surface area contributed by atoms with Crippen LogP contribution in [-0.4, -0.2) is 9.79 Å². The van der Waals surface area contributed by atoms with Crippen molar-refractivity contribution < 1.29 is 14.4 Å². The Morgan fingerprint density at radius 2 is 1.74 bits per heavy atom. The van der Waals surface area contributed by atoms with Gasteiger partial charge in [0.25, 0.3) is 0 Å². The van der Waals surface area contributed by atoms with E-state index in [0.29, 0.717) is 5.56 Å². The lowest BCUT2D eigenvalue weighted by Gasteiger charge is -2.11. The van der Waals surface area contributed by atoms with Crippen LogP contribution in [0, 0.1) is 0 Å². The van der Waals surface area contributed by atoms with Gasteiger partial charge in [0, 0.05) is 0 Å². The first-order valence-corrected chi connectivity index (χ1v) is 9.75. The van der Waals surface area contributed by atoms with Gasteiger partial charge in [0.2, 0.25) is 0 Å². The van der Waals surface area contributed by atoms with Gasteiger partial charge in [0.1, 0.15) is 0 Å². The smallest absolute Gasteiger partial charge is 0.324 e. The fourth-order valence-electron chi connectivity index (χ4n) is 3.11. The third-order valence-electron chi connectivity index (χ3n) is 4.23. The lowest BCUT2D eigenvalue weighted by atomic mass is 9.96. The molecule has 0 amide bonds. The van der Waals surface area contributed by atoms with E-state index in [9.17, 15) is 14.4 Å². The summed E-state index contributed by atoms with van der Waals surface area (Å²) in [6, 6.07) is 16.2. The third kappa shape index (κ3) is 3.64. The second-order valence-corrected chi connectivity index (χ2v) is 7.71. The SMILES string of the molecule is CCCCc1ccc2c(ccc3c(CP(=O)(O)O)cccc32)c1. The van der Waals surface area contributed by atoms with Crippen molar-refractivity contribution in [3.8, 4) is 0 Å². The Morgan fingerprint density at radius 1 is 0.957 bits per heavy atom. The van der Waals surface area contributed by atoms with E-state index in [1.165, 1.54) is 23.8 Å². The number of hydrogen-bond acceptors (Lipinski definition) is 1. The molecule has 0 aliphatic rings. The predicted octanol–water partition coefficient (Wildman–Crippen LogP) is 5.01. The summed E-state index contributed by atoms with van der Waals surface area (Å²) in [5.74, 6) is 0. The van der Waals surface area contributed by atoms with Gasteiger partial charge in [0.15, 0.2) is 0 Å². The third-order valence-corrected chi connectivity index (χ3v) is 4.98. The fraction of sp³-hybridized carbons (Fsp3) is 0.263. The van der Waals surface area contributed by atoms with Crippen molar-refractivity contribution in [3.63, 3.8) is 0 Å². The van der Waals surface area contributed by atoms with Crippen LogP contribution in [0.2, 0.25) is 0 Å². The Balaban J connectivity index is 2.12. The van der Waals surface area contributed by atoms with Crippen LogP contribution >= 0.6 is 7.60 Å². The molecule has 0 saturated heterocycles. The minimum atomic E-state index is -4.07. The molecule has 0 bridgehead atoms. The molecule has 4 heteroatoms. The monoisotopic (exact) mass is 328 g/mol. The topological polar surface area (TPSA) is 57.5 Å². The van der Waals surface area contributed by atoms with Crippen molar-refractivity contribution in [1.82, 2.24) is 0 Å². The van der Waals surface area contributed by atoms with Gasteiger partial charge in [-0.15, -0.1) is 0 Å². The molecule has 3 aromatic rings. The Hall–Kier alpha value is -1.67. The highest BCUT2D eigenvalue weighted by atomic mass is 31.2. The normalized spacial score (nSPS) is 12.1. The number of fused-ring (bicyclic) bond motifs is 3. The summed E-state index contributed by atoms with van der Waals surface area (Å²) in [4.78, 5) is 18.5. The van der Waals surface area contributed by atoms with E-state index >= 15 is 0 Å². The van der Waals surface area contributed by atoms with Crippen LogP contribution in [0.15, 0.2) is 48.5 Å². The Morgan fingerprint density at radius 3 is 2.48 bits per heavy atom. The highest BCUT2D eigenvalue weighted by Crippen LogP contribution is 2.41. The van der Waals surface area contributed by atoms with Crippen LogP contribution in [0.4, 0.5) is 0 Å². The van der Waals surface area contributed by atoms with Gasteiger partial charge in [-0.3, -0.25) is 4.57 Å². The van der Waals surface area contributed by atoms with Crippen molar-refractivity contribution in [2.75, 3.05) is 0 Å². The summed E-state index contributed by atoms with van der Waals surface area (Å²) in [7, 11) is -4.07. The van der Waals surface area contributed by atoms with E-state index in [4.69, 9.17) is 0 Å². The van der Waals surface area contributed by atoms with Gasteiger partial charge in [-0.25, -0.2) is 0 Å². The van der Waals surface area contributed by atoms with Crippen molar-refractivity contribution in [1.29, 1.82) is 0 Å². The van der Waals surface area contributed by atoms with E-state index in [-0.39, 0.29) is 6.16 Å². The molecule has 0 saturated carbocycles. The number of aryl methyl sites for hydroxylation is 1. The second-order valence-electron chi connectivity index (χ2n) is 6.06. The molecule has 0 heterocycles. The molecule has 2 N–H and O–H groups in total. The van der Waals surface area contributed by atoms with Gasteiger partial charge in [-0.05, 0) is 45.5 Å². The maximum absolute atomic E-state index is 11.3. The molecule has 3 aromatic carbocycles. The first-order valence-electron chi connectivity index (χ1n) is 7.96. The van der Waals surface area contributed by atoms with E-state index in [1.54, 1.807) is 6.07 Å². The van der Waals surface area contributed by atoms with Gasteiger partial charge < -0.3 is 9.79 Å². The van der Waals surface area contributed by atoms with Crippen LogP contribution in [0.1, 0.15) is 30.9 Å². The van der Waals surface area contributed by atoms with Gasteiger partial charge in [0.05, 0.1) is 6.16 Å². The van der Waals surface area contributed by atoms with E-state index in [2.05, 4.69) is 31.2 Å². The van der Waals surface area contributed by atoms with Gasteiger partial charge in [-0.1, -0.05) is 61.9 Å². The maximum atomic E-state index is 11.3. The molecule has 0 atom stereocenters. The zero-order valence-electron chi connectivity index (χ0n) is 13.2. The minimum Gasteiger partial charge on any atom is -0.324 e. The summed E-state index contributed by atoms with van der Waals surface area (Å²) < 4.78 is 11.3. The molecule has 0 aromatic heterocycles. The second kappa shape index (κ2) is 6.45. The highest BCUT2D eigenvalue weighted by Gasteiger charge is 2.16. The summed E-state index contributed by atoms with van der Waals surface area (Å²) in [6.45, 7) is 2.19. The van der Waals surface area contributed by atoms with Crippen LogP contribution < -0.4 is 0 Å². The van der Waals surface area contributed by atoms with E-state index in [0.717, 1.165) is 22.6 Å². The zero-order valence-corrected chi connectivity index (χ0v) is 14.1. The summed E-state index contributed by atoms with van der Waals surface area (Å²) >= 11 is 0. The molecule has 0 aliphatic heterocycles. The van der Waals surface area contributed by atoms with Crippen molar-refractivity contribution >= 4 is 29.1 Å². The van der Waals surface area contributed by atoms with Crippen molar-refractivity contribution in [2.24, 2.45) is 0 Å². The fourth-order valence-corrected chi connectivity index (χ4v) is 3.83. The summed E-state index contributed by atoms with van der Waals surface area (Å²) in [5, 5.41) is 4.29. The maximum Gasteiger partial charge on any atom is 0.329 e. The number of hydrogen-bond donors (Lipinski definition) is 2. The van der Waals surface area contributed by atoms with Crippen LogP contribution in [-0.2, 0) is 17.1 Å². The average molecular weight is 328 g/mol. The molecule has 3 nitrogen and oxygen atoms in total. The van der Waals surface area contributed by atoms with Gasteiger partial charge >= 0.3 is 7.60 Å². The summed E-state index contributed by atoms with van der Waals surface area (Å²) in [6.07, 6.45) is 3.24. The highest BCUT2D eigenvalue weighted by molar-refractivity contribution is 7.50. The van der Waals surface area contributed by atoms with Crippen LogP contribution in [0.25, 0.3) is 21.5 Å². The molecular weight excluding hydrogens is 307 g/mol. The van der Waals surface area contributed by atoms with Crippen LogP contribution in [0.3, 0.4) is 0 Å². The molecule has 0 aliphatic carbocycles. The Bertz CT molecular complexity index is 896. The molecule has 3 rings (SSSR count). The average Bonchev–Trinajstić information content (AvgIpc) is 2.51.